The number of para-hydroxylation sites is 1. The number of rotatable bonds is 4. The fourth-order valence-corrected chi connectivity index (χ4v) is 6.79. The van der Waals surface area contributed by atoms with Crippen molar-refractivity contribution in [3.63, 3.8) is 0 Å². The van der Waals surface area contributed by atoms with Crippen LogP contribution in [0.25, 0.3) is 72.4 Å². The SMILES string of the molecule is B1c2ccccc2-c2cc(-c3ccc4c(c3)c3ccccc3n4-c3cccc(-c4nccc(-c5ccccc5)n4)c3)ccc21. The Bertz CT molecular complexity index is 2370. The highest BCUT2D eigenvalue weighted by Gasteiger charge is 2.20. The molecule has 0 N–H and O–H groups in total. The maximum atomic E-state index is 4.92. The molecule has 0 aliphatic carbocycles. The Hall–Kier alpha value is -5.74. The molecule has 0 spiro atoms. The molecule has 1 aliphatic rings. The molecule has 0 saturated heterocycles. The van der Waals surface area contributed by atoms with Crippen LogP contribution in [0, 0.1) is 0 Å². The molecule has 44 heavy (non-hydrogen) atoms. The van der Waals surface area contributed by atoms with Crippen LogP contribution in [0.5, 0.6) is 0 Å². The molecule has 0 fully saturated rings. The van der Waals surface area contributed by atoms with Crippen molar-refractivity contribution in [2.24, 2.45) is 0 Å². The average Bonchev–Trinajstić information content (AvgIpc) is 3.64. The molecule has 0 unspecified atom stereocenters. The normalized spacial score (nSPS) is 11.8. The summed E-state index contributed by atoms with van der Waals surface area (Å²) in [6.45, 7) is 0. The third-order valence-electron chi connectivity index (χ3n) is 8.89. The summed E-state index contributed by atoms with van der Waals surface area (Å²) < 4.78 is 2.36. The molecule has 0 atom stereocenters. The zero-order valence-corrected chi connectivity index (χ0v) is 24.0. The van der Waals surface area contributed by atoms with Gasteiger partial charge in [0, 0.05) is 33.8 Å². The summed E-state index contributed by atoms with van der Waals surface area (Å²) in [5.74, 6) is 0.717. The topological polar surface area (TPSA) is 30.7 Å². The molecule has 1 aliphatic heterocycles. The molecule has 3 heterocycles. The molecule has 0 amide bonds. The summed E-state index contributed by atoms with van der Waals surface area (Å²) in [5, 5.41) is 2.48. The lowest BCUT2D eigenvalue weighted by Gasteiger charge is -2.11. The van der Waals surface area contributed by atoms with E-state index >= 15 is 0 Å². The third kappa shape index (κ3) is 3.99. The van der Waals surface area contributed by atoms with E-state index in [-0.39, 0.29) is 0 Å². The second kappa shape index (κ2) is 9.93. The molecule has 9 rings (SSSR count). The van der Waals surface area contributed by atoms with Crippen LogP contribution in [0.4, 0.5) is 0 Å². The van der Waals surface area contributed by atoms with Gasteiger partial charge in [0.25, 0.3) is 0 Å². The van der Waals surface area contributed by atoms with Crippen LogP contribution in [0.1, 0.15) is 0 Å². The standard InChI is InChI=1S/C40H26BN3/c1-2-9-26(10-3-1)37-21-22-42-40(43-37)29-11-8-12-30(23-29)44-38-16-7-5-14-32(38)34-25-28(18-20-39(34)44)27-17-19-36-33(24-27)31-13-4-6-15-35(31)41-36/h1-25,41H. The van der Waals surface area contributed by atoms with Gasteiger partial charge in [-0.1, -0.05) is 114 Å². The van der Waals surface area contributed by atoms with E-state index < -0.39 is 0 Å². The summed E-state index contributed by atoms with van der Waals surface area (Å²) in [6.07, 6.45) is 1.84. The van der Waals surface area contributed by atoms with E-state index in [1.807, 2.05) is 30.5 Å². The lowest BCUT2D eigenvalue weighted by atomic mass is 9.68. The lowest BCUT2D eigenvalue weighted by molar-refractivity contribution is 1.16. The second-order valence-electron chi connectivity index (χ2n) is 11.5. The maximum absolute atomic E-state index is 4.92. The molecular formula is C40H26BN3. The highest BCUT2D eigenvalue weighted by molar-refractivity contribution is 6.73. The molecule has 0 radical (unpaired) electrons. The number of fused-ring (bicyclic) bond motifs is 6. The maximum Gasteiger partial charge on any atom is 0.193 e. The quantitative estimate of drug-likeness (QED) is 0.205. The molecule has 0 saturated carbocycles. The fraction of sp³-hybridized carbons (Fsp3) is 0. The highest BCUT2D eigenvalue weighted by Crippen LogP contribution is 2.36. The third-order valence-corrected chi connectivity index (χ3v) is 8.89. The van der Waals surface area contributed by atoms with Gasteiger partial charge in [0.15, 0.2) is 13.1 Å². The van der Waals surface area contributed by atoms with E-state index in [2.05, 4.69) is 131 Å². The molecule has 204 valence electrons. The van der Waals surface area contributed by atoms with Gasteiger partial charge in [0.1, 0.15) is 0 Å². The van der Waals surface area contributed by atoms with E-state index in [9.17, 15) is 0 Å². The van der Waals surface area contributed by atoms with Crippen molar-refractivity contribution < 1.29 is 0 Å². The summed E-state index contributed by atoms with van der Waals surface area (Å²) in [7, 11) is 1.01. The second-order valence-corrected chi connectivity index (χ2v) is 11.5. The number of aromatic nitrogens is 3. The van der Waals surface area contributed by atoms with Crippen LogP contribution in [0.15, 0.2) is 152 Å². The van der Waals surface area contributed by atoms with Crippen molar-refractivity contribution >= 4 is 40.0 Å². The van der Waals surface area contributed by atoms with Gasteiger partial charge in [-0.15, -0.1) is 0 Å². The van der Waals surface area contributed by atoms with Crippen molar-refractivity contribution in [2.45, 2.75) is 0 Å². The Morgan fingerprint density at radius 1 is 0.477 bits per heavy atom. The van der Waals surface area contributed by atoms with Gasteiger partial charge >= 0.3 is 0 Å². The van der Waals surface area contributed by atoms with Gasteiger partial charge in [0.05, 0.1) is 16.7 Å². The van der Waals surface area contributed by atoms with Gasteiger partial charge < -0.3 is 4.57 Å². The van der Waals surface area contributed by atoms with Crippen LogP contribution < -0.4 is 10.9 Å². The van der Waals surface area contributed by atoms with E-state index in [1.165, 1.54) is 55.0 Å². The van der Waals surface area contributed by atoms with Gasteiger partial charge in [-0.25, -0.2) is 9.97 Å². The minimum Gasteiger partial charge on any atom is -0.309 e. The first-order chi connectivity index (χ1) is 21.8. The Morgan fingerprint density at radius 2 is 1.23 bits per heavy atom. The molecule has 6 aromatic carbocycles. The van der Waals surface area contributed by atoms with Crippen molar-refractivity contribution in [1.82, 2.24) is 14.5 Å². The number of hydrogen-bond acceptors (Lipinski definition) is 2. The number of benzene rings is 6. The summed E-state index contributed by atoms with van der Waals surface area (Å²) in [6, 6.07) is 52.1. The average molecular weight is 559 g/mol. The molecule has 2 aromatic heterocycles. The molecule has 0 bridgehead atoms. The van der Waals surface area contributed by atoms with Crippen molar-refractivity contribution in [3.8, 4) is 50.6 Å². The molecule has 4 heteroatoms. The van der Waals surface area contributed by atoms with Crippen LogP contribution in [-0.2, 0) is 0 Å². The smallest absolute Gasteiger partial charge is 0.193 e. The van der Waals surface area contributed by atoms with Gasteiger partial charge in [-0.05, 0) is 64.7 Å². The van der Waals surface area contributed by atoms with E-state index in [1.54, 1.807) is 0 Å². The van der Waals surface area contributed by atoms with Crippen LogP contribution >= 0.6 is 0 Å². The Morgan fingerprint density at radius 3 is 2.18 bits per heavy atom. The first-order valence-corrected chi connectivity index (χ1v) is 15.0. The van der Waals surface area contributed by atoms with Crippen LogP contribution in [0.3, 0.4) is 0 Å². The minimum absolute atomic E-state index is 0.717. The van der Waals surface area contributed by atoms with E-state index in [0.29, 0.717) is 0 Å². The van der Waals surface area contributed by atoms with E-state index in [4.69, 9.17) is 4.98 Å². The van der Waals surface area contributed by atoms with Gasteiger partial charge in [-0.3, -0.25) is 0 Å². The van der Waals surface area contributed by atoms with Crippen molar-refractivity contribution in [2.75, 3.05) is 0 Å². The summed E-state index contributed by atoms with van der Waals surface area (Å²) in [5.41, 5.74) is 14.4. The predicted molar refractivity (Wildman–Crippen MR) is 185 cm³/mol. The minimum atomic E-state index is 0.717. The van der Waals surface area contributed by atoms with Crippen LogP contribution in [-0.4, -0.2) is 21.8 Å². The first kappa shape index (κ1) is 24.8. The van der Waals surface area contributed by atoms with Crippen molar-refractivity contribution in [3.05, 3.63) is 152 Å². The Labute approximate surface area is 256 Å². The first-order valence-electron chi connectivity index (χ1n) is 15.0. The van der Waals surface area contributed by atoms with Gasteiger partial charge in [-0.2, -0.15) is 0 Å². The highest BCUT2D eigenvalue weighted by atomic mass is 15.0. The predicted octanol–water partition coefficient (Wildman–Crippen LogP) is 7.94. The van der Waals surface area contributed by atoms with Gasteiger partial charge in [0.2, 0.25) is 0 Å². The fourth-order valence-electron chi connectivity index (χ4n) is 6.79. The zero-order valence-electron chi connectivity index (χ0n) is 24.0. The molecule has 8 aromatic rings. The van der Waals surface area contributed by atoms with E-state index in [0.717, 1.165) is 35.6 Å². The van der Waals surface area contributed by atoms with Crippen LogP contribution in [0.2, 0.25) is 0 Å². The molecular weight excluding hydrogens is 533 g/mol. The monoisotopic (exact) mass is 559 g/mol. The Kier molecular flexibility index (Phi) is 5.60. The largest absolute Gasteiger partial charge is 0.309 e. The summed E-state index contributed by atoms with van der Waals surface area (Å²) >= 11 is 0. The number of nitrogens with zero attached hydrogens (tertiary/aromatic N) is 3. The summed E-state index contributed by atoms with van der Waals surface area (Å²) in [4.78, 5) is 9.57. The van der Waals surface area contributed by atoms with Crippen molar-refractivity contribution in [1.29, 1.82) is 0 Å². The lowest BCUT2D eigenvalue weighted by Crippen LogP contribution is -2.20. The zero-order chi connectivity index (χ0) is 29.0. The number of hydrogen-bond donors (Lipinski definition) is 0. The molecule has 3 nitrogen and oxygen atoms in total. The Balaban J connectivity index is 1.16.